The zero-order chi connectivity index (χ0) is 47.1. The van der Waals surface area contributed by atoms with E-state index in [1.165, 1.54) is 6.92 Å². The largest absolute Gasteiger partial charge is 0.394 e. The van der Waals surface area contributed by atoms with Crippen molar-refractivity contribution >= 4 is 0 Å². The first kappa shape index (κ1) is 50.4. The number of allylic oxidation sites excluding steroid dienone is 1. The van der Waals surface area contributed by atoms with Crippen LogP contribution in [0.5, 0.6) is 0 Å². The van der Waals surface area contributed by atoms with Crippen molar-refractivity contribution in [2.45, 2.75) is 202 Å². The van der Waals surface area contributed by atoms with E-state index in [9.17, 15) is 56.2 Å². The van der Waals surface area contributed by atoms with Crippen LogP contribution in [0, 0.1) is 46.3 Å². The Morgan fingerprint density at radius 2 is 1.38 bits per heavy atom. The summed E-state index contributed by atoms with van der Waals surface area (Å²) < 4.78 is 49.2. The van der Waals surface area contributed by atoms with Gasteiger partial charge in [-0.2, -0.15) is 0 Å². The van der Waals surface area contributed by atoms with Crippen LogP contribution in [0.2, 0.25) is 0 Å². The highest BCUT2D eigenvalue weighted by Gasteiger charge is 2.69. The quantitative estimate of drug-likeness (QED) is 0.0967. The number of hydrogen-bond acceptors (Lipinski definition) is 19. The highest BCUT2D eigenvalue weighted by molar-refractivity contribution is 5.29. The number of fused-ring (bicyclic) bond motifs is 7. The van der Waals surface area contributed by atoms with E-state index >= 15 is 0 Å². The zero-order valence-corrected chi connectivity index (χ0v) is 38.4. The molecule has 0 unspecified atom stereocenters. The Morgan fingerprint density at radius 1 is 0.754 bits per heavy atom. The third-order valence-electron chi connectivity index (χ3n) is 17.8. The van der Waals surface area contributed by atoms with Crippen LogP contribution in [0.3, 0.4) is 0 Å². The molecule has 11 N–H and O–H groups in total. The maximum absolute atomic E-state index is 11.1. The molecule has 374 valence electrons. The van der Waals surface area contributed by atoms with E-state index < -0.39 is 129 Å². The van der Waals surface area contributed by atoms with Crippen molar-refractivity contribution in [3.8, 4) is 0 Å². The molecule has 4 aliphatic heterocycles. The second kappa shape index (κ2) is 19.3. The Labute approximate surface area is 380 Å². The van der Waals surface area contributed by atoms with E-state index in [2.05, 4.69) is 26.8 Å². The summed E-state index contributed by atoms with van der Waals surface area (Å²) in [5.74, 6) is 0.107. The Bertz CT molecular complexity index is 1660. The predicted octanol–water partition coefficient (Wildman–Crippen LogP) is -1.21. The smallest absolute Gasteiger partial charge is 0.187 e. The van der Waals surface area contributed by atoms with Gasteiger partial charge in [-0.05, 0) is 80.5 Å². The molecule has 0 aromatic heterocycles. The molecule has 27 atom stereocenters. The Hall–Kier alpha value is -1.02. The summed E-state index contributed by atoms with van der Waals surface area (Å²) in [7, 11) is 1.69. The van der Waals surface area contributed by atoms with Gasteiger partial charge in [0.15, 0.2) is 24.7 Å². The molecular formula is C46H76O19. The maximum atomic E-state index is 11.1. The number of rotatable bonds is 13. The normalized spacial score (nSPS) is 54.8. The fourth-order valence-corrected chi connectivity index (χ4v) is 13.9. The predicted molar refractivity (Wildman–Crippen MR) is 224 cm³/mol. The Balaban J connectivity index is 0.919. The number of hydrogen-bond donors (Lipinski definition) is 11. The van der Waals surface area contributed by atoms with Crippen LogP contribution in [-0.4, -0.2) is 199 Å². The average Bonchev–Trinajstić information content (AvgIpc) is 3.74. The van der Waals surface area contributed by atoms with E-state index in [1.807, 2.05) is 6.92 Å². The van der Waals surface area contributed by atoms with E-state index in [1.54, 1.807) is 7.11 Å². The minimum absolute atomic E-state index is 0.0362. The van der Waals surface area contributed by atoms with E-state index in [4.69, 9.17) is 37.9 Å². The molecule has 0 aromatic rings. The van der Waals surface area contributed by atoms with E-state index in [0.717, 1.165) is 31.3 Å². The second-order valence-electron chi connectivity index (χ2n) is 21.3. The molecule has 0 aromatic carbocycles. The summed E-state index contributed by atoms with van der Waals surface area (Å²) in [6, 6.07) is 0. The maximum Gasteiger partial charge on any atom is 0.187 e. The van der Waals surface area contributed by atoms with Gasteiger partial charge in [0.25, 0.3) is 0 Å². The molecule has 0 radical (unpaired) electrons. The van der Waals surface area contributed by atoms with Crippen molar-refractivity contribution in [3.05, 3.63) is 11.6 Å². The molecule has 4 saturated heterocycles. The van der Waals surface area contributed by atoms with Gasteiger partial charge < -0.3 is 94.1 Å². The number of aliphatic hydroxyl groups excluding tert-OH is 11. The number of ether oxygens (including phenoxy) is 8. The second-order valence-corrected chi connectivity index (χ2v) is 21.3. The lowest BCUT2D eigenvalue weighted by atomic mass is 9.46. The Morgan fingerprint density at radius 3 is 2.05 bits per heavy atom. The van der Waals surface area contributed by atoms with Crippen LogP contribution in [0.25, 0.3) is 0 Å². The lowest BCUT2D eigenvalue weighted by Crippen LogP contribution is -2.64. The molecule has 0 amide bonds. The van der Waals surface area contributed by atoms with Crippen molar-refractivity contribution in [3.63, 3.8) is 0 Å². The van der Waals surface area contributed by atoms with Gasteiger partial charge in [0.05, 0.1) is 44.2 Å². The summed E-state index contributed by atoms with van der Waals surface area (Å²) in [6.45, 7) is 9.26. The van der Waals surface area contributed by atoms with Crippen LogP contribution in [0.15, 0.2) is 11.6 Å². The highest BCUT2D eigenvalue weighted by atomic mass is 16.8. The minimum atomic E-state index is -1.67. The SMILES string of the molecule is CO[C@]1(CC[C@@H](C)CO[C@@H]2O[C@H](CO)[C@@H](O)[C@H](O)[C@H]2O[C@@H]2O[C@@H](C)[C@H](O)[C@@H](O)[C@H]2O)O[C@H]2C[C@H]3[C@@H]4CC=C5C[C@@H](O)C[C@@H](O[C@@H]6O[C@H](CO)[C@H](O)[C@H](O)[C@H]6O)[C@]5(C)[C@H]4CC[C@]3(C)[C@H]2[C@@H]1C. The summed E-state index contributed by atoms with van der Waals surface area (Å²) in [5, 5.41) is 116. The molecule has 19 nitrogen and oxygen atoms in total. The standard InChI is InChI=1S/C46H76O19/c1-19(18-59-43-40(37(55)34(52)29(17-48)62-43)64-41-38(56)35(53)32(50)21(3)60-41)9-12-46(58-6)20(2)31-27(65-46)15-26-24-8-7-22-13-23(49)14-30(45(22,5)25(24)10-11-44(26,31)4)63-42-39(57)36(54)33(51)28(16-47)61-42/h7,19-21,23-43,47-57H,8-18H2,1-6H3/t19-,20+,21+,23-,24-,25+,26+,27+,28-,29-,30-,31+,32+,33+,34-,35-,36+,37+,38-,39-,40-,41+,42+,43-,44+,45+,46-/m1/s1. The monoisotopic (exact) mass is 932 g/mol. The van der Waals surface area contributed by atoms with Crippen LogP contribution < -0.4 is 0 Å². The summed E-state index contributed by atoms with van der Waals surface area (Å²) in [4.78, 5) is 0. The molecule has 3 saturated carbocycles. The van der Waals surface area contributed by atoms with Crippen LogP contribution >= 0.6 is 0 Å². The highest BCUT2D eigenvalue weighted by Crippen LogP contribution is 2.70. The van der Waals surface area contributed by atoms with Gasteiger partial charge in [-0.15, -0.1) is 0 Å². The third kappa shape index (κ3) is 8.60. The molecule has 7 fully saturated rings. The summed E-state index contributed by atoms with van der Waals surface area (Å²) in [6.07, 6.45) is -14.5. The first-order valence-electron chi connectivity index (χ1n) is 23.9. The van der Waals surface area contributed by atoms with Gasteiger partial charge in [0, 0.05) is 31.3 Å². The van der Waals surface area contributed by atoms with E-state index in [0.29, 0.717) is 37.5 Å². The lowest BCUT2D eigenvalue weighted by Gasteiger charge is -2.60. The lowest BCUT2D eigenvalue weighted by molar-refractivity contribution is -0.365. The van der Waals surface area contributed by atoms with Gasteiger partial charge in [0.1, 0.15) is 67.1 Å². The summed E-state index contributed by atoms with van der Waals surface area (Å²) in [5.41, 5.74) is 0.567. The fourth-order valence-electron chi connectivity index (χ4n) is 13.9. The van der Waals surface area contributed by atoms with Crippen molar-refractivity contribution in [1.29, 1.82) is 0 Å². The molecule has 65 heavy (non-hydrogen) atoms. The van der Waals surface area contributed by atoms with Gasteiger partial charge in [-0.1, -0.05) is 39.3 Å². The van der Waals surface area contributed by atoms with Crippen LogP contribution in [-0.2, 0) is 37.9 Å². The topological polar surface area (TPSA) is 296 Å². The van der Waals surface area contributed by atoms with Crippen molar-refractivity contribution in [2.24, 2.45) is 46.3 Å². The first-order chi connectivity index (χ1) is 30.7. The average molecular weight is 933 g/mol. The number of aliphatic hydroxyl groups is 11. The van der Waals surface area contributed by atoms with Crippen LogP contribution in [0.1, 0.15) is 86.0 Å². The van der Waals surface area contributed by atoms with Crippen molar-refractivity contribution in [2.75, 3.05) is 26.9 Å². The van der Waals surface area contributed by atoms with Crippen molar-refractivity contribution < 1.29 is 94.1 Å². The molecular weight excluding hydrogens is 856 g/mol. The third-order valence-corrected chi connectivity index (χ3v) is 17.8. The Kier molecular flexibility index (Phi) is 15.0. The molecule has 19 heteroatoms. The molecule has 0 spiro atoms. The summed E-state index contributed by atoms with van der Waals surface area (Å²) >= 11 is 0. The molecule has 4 heterocycles. The minimum Gasteiger partial charge on any atom is -0.394 e. The number of methoxy groups -OCH3 is 1. The fraction of sp³-hybridized carbons (Fsp3) is 0.957. The molecule has 8 aliphatic rings. The first-order valence-corrected chi connectivity index (χ1v) is 23.9. The van der Waals surface area contributed by atoms with Gasteiger partial charge >= 0.3 is 0 Å². The van der Waals surface area contributed by atoms with Crippen molar-refractivity contribution in [1.82, 2.24) is 0 Å². The molecule has 0 bridgehead atoms. The van der Waals surface area contributed by atoms with Gasteiger partial charge in [0.2, 0.25) is 0 Å². The molecule has 8 rings (SSSR count). The van der Waals surface area contributed by atoms with Gasteiger partial charge in [-0.3, -0.25) is 0 Å². The molecule has 4 aliphatic carbocycles. The zero-order valence-electron chi connectivity index (χ0n) is 38.4. The van der Waals surface area contributed by atoms with E-state index in [-0.39, 0.29) is 41.8 Å². The van der Waals surface area contributed by atoms with Gasteiger partial charge in [-0.25, -0.2) is 0 Å². The van der Waals surface area contributed by atoms with Crippen LogP contribution in [0.4, 0.5) is 0 Å².